The number of anilines is 3. The van der Waals surface area contributed by atoms with Crippen molar-refractivity contribution in [3.05, 3.63) is 78.0 Å². The number of methoxy groups -OCH3 is 1. The minimum absolute atomic E-state index is 0.0104. The van der Waals surface area contributed by atoms with Crippen molar-refractivity contribution in [3.8, 4) is 16.9 Å². The average Bonchev–Trinajstić information content (AvgIpc) is 3.87. The Labute approximate surface area is 319 Å². The van der Waals surface area contributed by atoms with Gasteiger partial charge in [0.1, 0.15) is 40.8 Å². The van der Waals surface area contributed by atoms with Crippen molar-refractivity contribution >= 4 is 45.6 Å². The lowest BCUT2D eigenvalue weighted by molar-refractivity contribution is -0.132. The third-order valence-electron chi connectivity index (χ3n) is 11.4. The first-order valence-corrected chi connectivity index (χ1v) is 18.5. The molecule has 2 aromatic carbocycles. The molecule has 1 amide bonds. The Kier molecular flexibility index (Phi) is 8.61. The molecule has 0 aliphatic carbocycles. The van der Waals surface area contributed by atoms with Gasteiger partial charge in [-0.2, -0.15) is 15.1 Å². The summed E-state index contributed by atoms with van der Waals surface area (Å²) in [7, 11) is 3.33. The van der Waals surface area contributed by atoms with Crippen LogP contribution in [0.5, 0.6) is 0 Å². The molecular formula is C39H40F3N11O3. The lowest BCUT2D eigenvalue weighted by Crippen LogP contribution is -2.61. The van der Waals surface area contributed by atoms with Crippen molar-refractivity contribution in [2.75, 3.05) is 55.5 Å². The fourth-order valence-electron chi connectivity index (χ4n) is 8.27. The number of amides is 1. The zero-order chi connectivity index (χ0) is 39.0. The van der Waals surface area contributed by atoms with Crippen molar-refractivity contribution in [1.29, 1.82) is 0 Å². The highest BCUT2D eigenvalue weighted by atomic mass is 19.1. The number of nitrogens with one attached hydrogen (secondary N) is 1. The topological polar surface area (TPSA) is 143 Å². The number of carbonyl (C=O) groups excluding carboxylic acids is 1. The molecule has 56 heavy (non-hydrogen) atoms. The number of imidazole rings is 1. The molecule has 2 N–H and O–H groups in total. The summed E-state index contributed by atoms with van der Waals surface area (Å²) < 4.78 is 53.6. The zero-order valence-electron chi connectivity index (χ0n) is 31.2. The summed E-state index contributed by atoms with van der Waals surface area (Å²) in [6.45, 7) is 5.04. The van der Waals surface area contributed by atoms with Crippen LogP contribution < -0.4 is 15.1 Å². The third-order valence-corrected chi connectivity index (χ3v) is 11.4. The number of nitrogens with zero attached hydrogens (tertiary/aromatic N) is 10. The highest BCUT2D eigenvalue weighted by molar-refractivity contribution is 5.94. The van der Waals surface area contributed by atoms with Crippen LogP contribution >= 0.6 is 0 Å². The first kappa shape index (κ1) is 35.9. The molecule has 6 aromatic rings. The number of carbonyl (C=O) groups is 1. The van der Waals surface area contributed by atoms with Gasteiger partial charge in [0.2, 0.25) is 11.9 Å². The number of aromatic nitrogens is 7. The lowest BCUT2D eigenvalue weighted by Gasteiger charge is -2.49. The van der Waals surface area contributed by atoms with E-state index >= 15 is 8.78 Å². The molecule has 9 rings (SSSR count). The van der Waals surface area contributed by atoms with Gasteiger partial charge in [0, 0.05) is 57.5 Å². The Balaban J connectivity index is 1.18. The second kappa shape index (κ2) is 13.4. The van der Waals surface area contributed by atoms with Crippen LogP contribution in [0.25, 0.3) is 39.0 Å². The van der Waals surface area contributed by atoms with Gasteiger partial charge in [-0.15, -0.1) is 0 Å². The van der Waals surface area contributed by atoms with E-state index in [1.54, 1.807) is 19.1 Å². The van der Waals surface area contributed by atoms with Gasteiger partial charge >= 0.3 is 0 Å². The van der Waals surface area contributed by atoms with Crippen LogP contribution in [0.3, 0.4) is 0 Å². The number of hydrogen-bond donors (Lipinski definition) is 2. The molecule has 2 fully saturated rings. The number of pyridine rings is 1. The van der Waals surface area contributed by atoms with E-state index in [1.807, 2.05) is 46.4 Å². The number of hydrogen-bond acceptors (Lipinski definition) is 11. The summed E-state index contributed by atoms with van der Waals surface area (Å²) in [6, 6.07) is 10.6. The molecule has 4 atom stereocenters. The molecule has 3 aliphatic heterocycles. The van der Waals surface area contributed by atoms with Crippen LogP contribution in [-0.4, -0.2) is 114 Å². The second-order valence-electron chi connectivity index (χ2n) is 15.1. The van der Waals surface area contributed by atoms with E-state index < -0.39 is 35.1 Å². The highest BCUT2D eigenvalue weighted by Crippen LogP contribution is 2.39. The molecule has 3 aliphatic rings. The molecule has 0 spiro atoms. The number of halogens is 3. The maximum Gasteiger partial charge on any atom is 0.245 e. The zero-order valence-corrected chi connectivity index (χ0v) is 31.2. The molecule has 14 nitrogen and oxygen atoms in total. The maximum atomic E-state index is 15.3. The summed E-state index contributed by atoms with van der Waals surface area (Å²) in [4.78, 5) is 39.7. The molecule has 0 saturated carbocycles. The van der Waals surface area contributed by atoms with Crippen molar-refractivity contribution in [2.24, 2.45) is 0 Å². The largest absolute Gasteiger partial charge is 0.394 e. The Morgan fingerprint density at radius 3 is 2.61 bits per heavy atom. The van der Waals surface area contributed by atoms with Gasteiger partial charge < -0.3 is 34.4 Å². The number of likely N-dealkylation sites (N-methyl/N-ethyl adjacent to an activating group) is 1. The number of aryl methyl sites for hydroxylation is 1. The van der Waals surface area contributed by atoms with Gasteiger partial charge in [0.15, 0.2) is 11.5 Å². The second-order valence-corrected chi connectivity index (χ2v) is 15.1. The smallest absolute Gasteiger partial charge is 0.245 e. The third kappa shape index (κ3) is 5.87. The monoisotopic (exact) mass is 767 g/mol. The molecular weight excluding hydrogens is 727 g/mol. The van der Waals surface area contributed by atoms with Crippen LogP contribution in [0.4, 0.5) is 30.8 Å². The van der Waals surface area contributed by atoms with Crippen molar-refractivity contribution in [3.63, 3.8) is 0 Å². The Bertz CT molecular complexity index is 2520. The van der Waals surface area contributed by atoms with Crippen molar-refractivity contribution < 1.29 is 27.8 Å². The van der Waals surface area contributed by atoms with Crippen LogP contribution in [0.1, 0.15) is 25.6 Å². The Morgan fingerprint density at radius 1 is 1.02 bits per heavy atom. The molecule has 4 aromatic heterocycles. The summed E-state index contributed by atoms with van der Waals surface area (Å²) in [6.07, 6.45) is 2.11. The number of fused-ring (bicyclic) bond motifs is 6. The predicted octanol–water partition coefficient (Wildman–Crippen LogP) is 4.46. The van der Waals surface area contributed by atoms with E-state index in [4.69, 9.17) is 19.7 Å². The van der Waals surface area contributed by atoms with E-state index in [0.717, 1.165) is 17.6 Å². The number of benzene rings is 2. The quantitative estimate of drug-likeness (QED) is 0.257. The van der Waals surface area contributed by atoms with Gasteiger partial charge in [-0.05, 0) is 57.0 Å². The molecule has 4 bridgehead atoms. The van der Waals surface area contributed by atoms with Crippen molar-refractivity contribution in [2.45, 2.75) is 57.0 Å². The predicted molar refractivity (Wildman–Crippen MR) is 203 cm³/mol. The molecule has 17 heteroatoms. The SMILES string of the molecule is CO[C@H]1CN(C)C(=O)[C@@H]2CC(CN2c2nc(N3CCC3(C)CO)nc3c2cnn3-c2ccc(F)cc2F)Nc2cccc(n2)-c2cc(F)cc3nc(C)n(c23)C1. The summed E-state index contributed by atoms with van der Waals surface area (Å²) in [5.41, 5.74) is 1.94. The van der Waals surface area contributed by atoms with E-state index in [2.05, 4.69) is 15.4 Å². The van der Waals surface area contributed by atoms with Crippen LogP contribution in [0.2, 0.25) is 0 Å². The fraction of sp³-hybridized carbons (Fsp3) is 0.385. The fourth-order valence-corrected chi connectivity index (χ4v) is 8.27. The Morgan fingerprint density at radius 2 is 1.86 bits per heavy atom. The van der Waals surface area contributed by atoms with E-state index in [9.17, 15) is 14.3 Å². The summed E-state index contributed by atoms with van der Waals surface area (Å²) in [5, 5.41) is 18.8. The van der Waals surface area contributed by atoms with Crippen LogP contribution in [0, 0.1) is 24.4 Å². The first-order valence-electron chi connectivity index (χ1n) is 18.5. The minimum Gasteiger partial charge on any atom is -0.394 e. The van der Waals surface area contributed by atoms with Crippen LogP contribution in [0.15, 0.2) is 54.7 Å². The van der Waals surface area contributed by atoms with Gasteiger partial charge in [-0.1, -0.05) is 6.07 Å². The molecule has 290 valence electrons. The summed E-state index contributed by atoms with van der Waals surface area (Å²) in [5.74, 6) is -0.302. The van der Waals surface area contributed by atoms with E-state index in [0.29, 0.717) is 72.1 Å². The molecule has 2 saturated heterocycles. The lowest BCUT2D eigenvalue weighted by atomic mass is 9.88. The molecule has 0 radical (unpaired) electrons. The van der Waals surface area contributed by atoms with Gasteiger partial charge in [-0.25, -0.2) is 27.8 Å². The number of aliphatic hydroxyl groups excluding tert-OH is 1. The van der Waals surface area contributed by atoms with Crippen molar-refractivity contribution in [1.82, 2.24) is 39.2 Å². The number of aliphatic hydroxyl groups is 1. The van der Waals surface area contributed by atoms with Gasteiger partial charge in [-0.3, -0.25) is 4.79 Å². The average molecular weight is 768 g/mol. The van der Waals surface area contributed by atoms with Crippen LogP contribution in [-0.2, 0) is 16.1 Å². The first-order chi connectivity index (χ1) is 26.9. The van der Waals surface area contributed by atoms with E-state index in [1.165, 1.54) is 29.1 Å². The van der Waals surface area contributed by atoms with Gasteiger partial charge in [0.05, 0.1) is 53.1 Å². The summed E-state index contributed by atoms with van der Waals surface area (Å²) >= 11 is 0. The van der Waals surface area contributed by atoms with Gasteiger partial charge in [0.25, 0.3) is 0 Å². The Hall–Kier alpha value is -5.81. The highest BCUT2D eigenvalue weighted by Gasteiger charge is 2.44. The standard InChI is InChI=1S/C39H40F3N11O3/c1-21-44-30-14-23(41)12-26-29-6-5-7-33(46-29)45-24-15-32(37(55)49(3)18-25(56-4)19-50(21)34(26)30)51(17-24)35-27-16-43-53(31-9-8-22(40)13-28(31)42)36(27)48-38(47-35)52-11-10-39(52,2)20-54/h5-9,12-14,16,24-25,32,54H,10-11,15,17-20H2,1-4H3,(H,45,46)/t24?,25-,32-,39?/m0/s1. The number of rotatable bonds is 5. The molecule has 7 heterocycles. The number of ether oxygens (including phenoxy) is 1. The van der Waals surface area contributed by atoms with E-state index in [-0.39, 0.29) is 42.4 Å². The normalized spacial score (nSPS) is 22.7. The minimum atomic E-state index is -0.825. The molecule has 2 unspecified atom stereocenters. The maximum absolute atomic E-state index is 15.3.